The number of aliphatic hydroxyl groups excluding tert-OH is 1. The Bertz CT molecular complexity index is 456. The van der Waals surface area contributed by atoms with Gasteiger partial charge in [-0.05, 0) is 31.0 Å². The fraction of sp³-hybridized carbons (Fsp3) is 0.417. The van der Waals surface area contributed by atoms with Crippen LogP contribution < -0.4 is 5.32 Å². The van der Waals surface area contributed by atoms with Crippen LogP contribution >= 0.6 is 11.6 Å². The van der Waals surface area contributed by atoms with Crippen LogP contribution in [0.4, 0.5) is 14.9 Å². The summed E-state index contributed by atoms with van der Waals surface area (Å²) in [5, 5.41) is 11.9. The van der Waals surface area contributed by atoms with Gasteiger partial charge in [0, 0.05) is 11.6 Å². The maximum atomic E-state index is 13.5. The second kappa shape index (κ2) is 5.54. The Balaban J connectivity index is 2.07. The second-order valence-electron chi connectivity index (χ2n) is 4.23. The van der Waals surface area contributed by atoms with E-state index in [0.29, 0.717) is 6.54 Å². The summed E-state index contributed by atoms with van der Waals surface area (Å²) < 4.78 is 13.5. The number of amides is 2. The molecule has 1 saturated heterocycles. The molecule has 1 atom stereocenters. The molecule has 2 amide bonds. The van der Waals surface area contributed by atoms with Gasteiger partial charge in [0.15, 0.2) is 0 Å². The smallest absolute Gasteiger partial charge is 0.322 e. The molecule has 1 heterocycles. The SMILES string of the molecule is O=C(Nc1ccc(Cl)cc1F)N1CCC[C@@H]1CO. The molecular formula is C12H14ClFN2O2. The minimum absolute atomic E-state index is 0.0729. The molecular weight excluding hydrogens is 259 g/mol. The van der Waals surface area contributed by atoms with E-state index in [0.717, 1.165) is 18.9 Å². The zero-order valence-electron chi connectivity index (χ0n) is 9.70. The number of aliphatic hydroxyl groups is 1. The number of hydrogen-bond acceptors (Lipinski definition) is 2. The third-order valence-electron chi connectivity index (χ3n) is 3.02. The van der Waals surface area contributed by atoms with E-state index in [4.69, 9.17) is 16.7 Å². The highest BCUT2D eigenvalue weighted by Crippen LogP contribution is 2.22. The van der Waals surface area contributed by atoms with Gasteiger partial charge in [-0.3, -0.25) is 0 Å². The molecule has 0 aromatic heterocycles. The molecule has 1 fully saturated rings. The molecule has 0 bridgehead atoms. The average molecular weight is 273 g/mol. The van der Waals surface area contributed by atoms with Crippen LogP contribution in [0.1, 0.15) is 12.8 Å². The van der Waals surface area contributed by atoms with Gasteiger partial charge in [-0.2, -0.15) is 0 Å². The van der Waals surface area contributed by atoms with Gasteiger partial charge in [0.05, 0.1) is 18.3 Å². The summed E-state index contributed by atoms with van der Waals surface area (Å²) in [6.45, 7) is 0.503. The Morgan fingerprint density at radius 2 is 2.39 bits per heavy atom. The van der Waals surface area contributed by atoms with Crippen molar-refractivity contribution in [3.63, 3.8) is 0 Å². The van der Waals surface area contributed by atoms with Gasteiger partial charge in [-0.15, -0.1) is 0 Å². The molecule has 0 unspecified atom stereocenters. The number of carbonyl (C=O) groups is 1. The van der Waals surface area contributed by atoms with Gasteiger partial charge >= 0.3 is 6.03 Å². The number of nitrogens with one attached hydrogen (secondary N) is 1. The number of rotatable bonds is 2. The molecule has 0 aliphatic carbocycles. The van der Waals surface area contributed by atoms with Gasteiger partial charge in [0.2, 0.25) is 0 Å². The predicted molar refractivity (Wildman–Crippen MR) is 67.2 cm³/mol. The lowest BCUT2D eigenvalue weighted by atomic mass is 10.2. The largest absolute Gasteiger partial charge is 0.394 e. The van der Waals surface area contributed by atoms with Gasteiger partial charge in [0.1, 0.15) is 5.82 Å². The summed E-state index contributed by atoms with van der Waals surface area (Å²) >= 11 is 5.63. The molecule has 98 valence electrons. The third kappa shape index (κ3) is 2.73. The highest BCUT2D eigenvalue weighted by Gasteiger charge is 2.28. The van der Waals surface area contributed by atoms with Crippen LogP contribution in [-0.4, -0.2) is 35.2 Å². The Labute approximate surface area is 109 Å². The van der Waals surface area contributed by atoms with E-state index in [9.17, 15) is 9.18 Å². The summed E-state index contributed by atoms with van der Waals surface area (Å²) in [6.07, 6.45) is 1.62. The number of urea groups is 1. The molecule has 0 spiro atoms. The van der Waals surface area contributed by atoms with E-state index in [1.165, 1.54) is 17.0 Å². The Hall–Kier alpha value is -1.33. The summed E-state index contributed by atoms with van der Waals surface area (Å²) in [4.78, 5) is 13.4. The average Bonchev–Trinajstić information content (AvgIpc) is 2.81. The molecule has 2 N–H and O–H groups in total. The fourth-order valence-electron chi connectivity index (χ4n) is 2.07. The molecule has 1 aliphatic heterocycles. The Morgan fingerprint density at radius 3 is 3.06 bits per heavy atom. The van der Waals surface area contributed by atoms with Crippen LogP contribution in [-0.2, 0) is 0 Å². The van der Waals surface area contributed by atoms with E-state index < -0.39 is 11.8 Å². The fourth-order valence-corrected chi connectivity index (χ4v) is 2.23. The quantitative estimate of drug-likeness (QED) is 0.869. The third-order valence-corrected chi connectivity index (χ3v) is 3.26. The second-order valence-corrected chi connectivity index (χ2v) is 4.66. The lowest BCUT2D eigenvalue weighted by molar-refractivity contribution is 0.166. The van der Waals surface area contributed by atoms with Crippen molar-refractivity contribution in [1.29, 1.82) is 0 Å². The number of nitrogens with zero attached hydrogens (tertiary/aromatic N) is 1. The van der Waals surface area contributed by atoms with E-state index in [1.807, 2.05) is 0 Å². The van der Waals surface area contributed by atoms with E-state index in [-0.39, 0.29) is 23.4 Å². The zero-order chi connectivity index (χ0) is 13.1. The zero-order valence-corrected chi connectivity index (χ0v) is 10.5. The predicted octanol–water partition coefficient (Wildman–Crippen LogP) is 2.47. The highest BCUT2D eigenvalue weighted by molar-refractivity contribution is 6.30. The maximum Gasteiger partial charge on any atom is 0.322 e. The van der Waals surface area contributed by atoms with Crippen molar-refractivity contribution in [1.82, 2.24) is 4.90 Å². The van der Waals surface area contributed by atoms with Crippen molar-refractivity contribution in [2.45, 2.75) is 18.9 Å². The van der Waals surface area contributed by atoms with Crippen LogP contribution in [0, 0.1) is 5.82 Å². The molecule has 1 aromatic rings. The van der Waals surface area contributed by atoms with Crippen LogP contribution in [0.2, 0.25) is 5.02 Å². The van der Waals surface area contributed by atoms with E-state index in [1.54, 1.807) is 0 Å². The molecule has 0 radical (unpaired) electrons. The molecule has 1 aromatic carbocycles. The molecule has 6 heteroatoms. The van der Waals surface area contributed by atoms with Crippen LogP contribution in [0.5, 0.6) is 0 Å². The normalized spacial score (nSPS) is 19.1. The first-order chi connectivity index (χ1) is 8.61. The van der Waals surface area contributed by atoms with Crippen LogP contribution in [0.25, 0.3) is 0 Å². The Morgan fingerprint density at radius 1 is 1.61 bits per heavy atom. The summed E-state index contributed by atoms with van der Waals surface area (Å²) in [7, 11) is 0. The lowest BCUT2D eigenvalue weighted by Crippen LogP contribution is -2.40. The number of likely N-dealkylation sites (tertiary alicyclic amines) is 1. The number of anilines is 1. The lowest BCUT2D eigenvalue weighted by Gasteiger charge is -2.23. The maximum absolute atomic E-state index is 13.5. The Kier molecular flexibility index (Phi) is 4.04. The number of benzene rings is 1. The summed E-state index contributed by atoms with van der Waals surface area (Å²) in [6, 6.07) is 3.49. The first kappa shape index (κ1) is 13.1. The van der Waals surface area contributed by atoms with E-state index >= 15 is 0 Å². The van der Waals surface area contributed by atoms with Crippen LogP contribution in [0.3, 0.4) is 0 Å². The molecule has 2 rings (SSSR count). The molecule has 4 nitrogen and oxygen atoms in total. The van der Waals surface area contributed by atoms with Crippen molar-refractivity contribution in [2.24, 2.45) is 0 Å². The van der Waals surface area contributed by atoms with Crippen molar-refractivity contribution < 1.29 is 14.3 Å². The number of carbonyl (C=O) groups excluding carboxylic acids is 1. The first-order valence-electron chi connectivity index (χ1n) is 5.75. The number of hydrogen-bond donors (Lipinski definition) is 2. The first-order valence-corrected chi connectivity index (χ1v) is 6.13. The molecule has 0 saturated carbocycles. The topological polar surface area (TPSA) is 52.6 Å². The van der Waals surface area contributed by atoms with Gasteiger partial charge in [0.25, 0.3) is 0 Å². The van der Waals surface area contributed by atoms with E-state index in [2.05, 4.69) is 5.32 Å². The van der Waals surface area contributed by atoms with Crippen molar-refractivity contribution in [3.8, 4) is 0 Å². The van der Waals surface area contributed by atoms with Gasteiger partial charge in [-0.1, -0.05) is 11.6 Å². The standard InChI is InChI=1S/C12H14ClFN2O2/c13-8-3-4-11(10(14)6-8)15-12(18)16-5-1-2-9(16)7-17/h3-4,6,9,17H,1-2,5,7H2,(H,15,18)/t9-/m1/s1. The van der Waals surface area contributed by atoms with Gasteiger partial charge < -0.3 is 15.3 Å². The highest BCUT2D eigenvalue weighted by atomic mass is 35.5. The minimum Gasteiger partial charge on any atom is -0.394 e. The summed E-state index contributed by atoms with van der Waals surface area (Å²) in [5.41, 5.74) is 0.0907. The molecule has 1 aliphatic rings. The van der Waals surface area contributed by atoms with Crippen molar-refractivity contribution in [2.75, 3.05) is 18.5 Å². The minimum atomic E-state index is -0.574. The van der Waals surface area contributed by atoms with Crippen LogP contribution in [0.15, 0.2) is 18.2 Å². The van der Waals surface area contributed by atoms with Gasteiger partial charge in [-0.25, -0.2) is 9.18 Å². The summed E-state index contributed by atoms with van der Waals surface area (Å²) in [5.74, 6) is -0.574. The monoisotopic (exact) mass is 272 g/mol. The molecule has 18 heavy (non-hydrogen) atoms. The van der Waals surface area contributed by atoms with Crippen molar-refractivity contribution >= 4 is 23.3 Å². The number of halogens is 2. The van der Waals surface area contributed by atoms with Crippen molar-refractivity contribution in [3.05, 3.63) is 29.0 Å².